The van der Waals surface area contributed by atoms with Crippen LogP contribution in [0.3, 0.4) is 0 Å². The second-order valence-corrected chi connectivity index (χ2v) is 5.11. The number of nitrogens with one attached hydrogen (secondary N) is 1. The molecule has 1 aliphatic heterocycles. The molecule has 96 valence electrons. The van der Waals surface area contributed by atoms with Gasteiger partial charge >= 0.3 is 11.8 Å². The first-order valence-corrected chi connectivity index (χ1v) is 6.73. The molecule has 1 aliphatic rings. The highest BCUT2D eigenvalue weighted by Gasteiger charge is 2.23. The van der Waals surface area contributed by atoms with E-state index in [2.05, 4.69) is 10.5 Å². The number of likely N-dealkylation sites (tertiary alicyclic amines) is 1. The second-order valence-electron chi connectivity index (χ2n) is 4.17. The average Bonchev–Trinajstić information content (AvgIpc) is 3.00. The third kappa shape index (κ3) is 2.95. The molecule has 0 spiro atoms. The van der Waals surface area contributed by atoms with Crippen molar-refractivity contribution in [1.82, 2.24) is 10.3 Å². The summed E-state index contributed by atoms with van der Waals surface area (Å²) in [4.78, 5) is 25.7. The average molecular weight is 265 g/mol. The summed E-state index contributed by atoms with van der Waals surface area (Å²) >= 11 is 1.54. The van der Waals surface area contributed by atoms with E-state index in [1.807, 2.05) is 18.4 Å². The summed E-state index contributed by atoms with van der Waals surface area (Å²) in [7, 11) is 0. The van der Waals surface area contributed by atoms with Crippen LogP contribution in [-0.4, -0.2) is 36.0 Å². The van der Waals surface area contributed by atoms with Crippen LogP contribution in [0.2, 0.25) is 0 Å². The Morgan fingerprint density at radius 2 is 2.17 bits per heavy atom. The lowest BCUT2D eigenvalue weighted by Crippen LogP contribution is -2.39. The monoisotopic (exact) mass is 265 g/mol. The van der Waals surface area contributed by atoms with E-state index in [0.29, 0.717) is 13.1 Å². The van der Waals surface area contributed by atoms with Crippen LogP contribution in [0.1, 0.15) is 23.3 Å². The van der Waals surface area contributed by atoms with Crippen LogP contribution in [0.4, 0.5) is 0 Å². The third-order valence-electron chi connectivity index (χ3n) is 2.84. The van der Waals surface area contributed by atoms with Gasteiger partial charge in [0.05, 0.1) is 6.21 Å². The molecule has 18 heavy (non-hydrogen) atoms. The van der Waals surface area contributed by atoms with Crippen molar-refractivity contribution in [1.29, 1.82) is 0 Å². The van der Waals surface area contributed by atoms with E-state index in [4.69, 9.17) is 0 Å². The molecule has 1 N–H and O–H groups in total. The Balaban J connectivity index is 1.86. The van der Waals surface area contributed by atoms with Crippen molar-refractivity contribution in [2.45, 2.75) is 19.8 Å². The van der Waals surface area contributed by atoms with E-state index in [1.165, 1.54) is 11.3 Å². The van der Waals surface area contributed by atoms with Crippen LogP contribution in [0, 0.1) is 6.92 Å². The zero-order valence-corrected chi connectivity index (χ0v) is 11.0. The molecule has 0 bridgehead atoms. The third-order valence-corrected chi connectivity index (χ3v) is 3.79. The minimum Gasteiger partial charge on any atom is -0.334 e. The molecule has 1 saturated heterocycles. The highest BCUT2D eigenvalue weighted by atomic mass is 32.1. The van der Waals surface area contributed by atoms with E-state index in [0.717, 1.165) is 23.3 Å². The minimum absolute atomic E-state index is 0.493. The van der Waals surface area contributed by atoms with Crippen molar-refractivity contribution in [3.05, 3.63) is 21.9 Å². The molecule has 6 heteroatoms. The fourth-order valence-electron chi connectivity index (χ4n) is 1.78. The molecule has 2 heterocycles. The highest BCUT2D eigenvalue weighted by molar-refractivity contribution is 7.11. The van der Waals surface area contributed by atoms with E-state index >= 15 is 0 Å². The number of nitrogens with zero attached hydrogens (tertiary/aromatic N) is 2. The summed E-state index contributed by atoms with van der Waals surface area (Å²) in [5, 5.41) is 5.76. The van der Waals surface area contributed by atoms with Gasteiger partial charge in [-0.05, 0) is 36.8 Å². The normalized spacial score (nSPS) is 15.3. The molecule has 0 unspecified atom stereocenters. The predicted molar refractivity (Wildman–Crippen MR) is 70.6 cm³/mol. The number of carbonyl (C=O) groups excluding carboxylic acids is 2. The summed E-state index contributed by atoms with van der Waals surface area (Å²) in [6.07, 6.45) is 3.50. The van der Waals surface area contributed by atoms with Gasteiger partial charge in [0.15, 0.2) is 0 Å². The largest absolute Gasteiger partial charge is 0.334 e. The number of aryl methyl sites for hydroxylation is 1. The van der Waals surface area contributed by atoms with Crippen molar-refractivity contribution in [3.63, 3.8) is 0 Å². The van der Waals surface area contributed by atoms with Gasteiger partial charge in [0.25, 0.3) is 0 Å². The maximum atomic E-state index is 11.6. The van der Waals surface area contributed by atoms with Gasteiger partial charge in [-0.3, -0.25) is 9.59 Å². The van der Waals surface area contributed by atoms with Crippen LogP contribution in [0.25, 0.3) is 0 Å². The molecule has 0 atom stereocenters. The number of hydrogen-bond acceptors (Lipinski definition) is 4. The van der Waals surface area contributed by atoms with Gasteiger partial charge in [-0.15, -0.1) is 11.3 Å². The summed E-state index contributed by atoms with van der Waals surface area (Å²) in [6, 6.07) is 1.98. The Hall–Kier alpha value is -1.69. The van der Waals surface area contributed by atoms with Crippen molar-refractivity contribution < 1.29 is 9.59 Å². The van der Waals surface area contributed by atoms with Crippen LogP contribution in [-0.2, 0) is 9.59 Å². The molecular weight excluding hydrogens is 250 g/mol. The standard InChI is InChI=1S/C12H15N3O2S/c1-9-4-7-18-10(9)8-13-14-11(16)12(17)15-5-2-3-6-15/h4,7-8H,2-3,5-6H2,1H3,(H,14,16)/b13-8-. The van der Waals surface area contributed by atoms with Gasteiger partial charge in [-0.25, -0.2) is 5.43 Å². The topological polar surface area (TPSA) is 61.8 Å². The number of hydrogen-bond donors (Lipinski definition) is 1. The van der Waals surface area contributed by atoms with Gasteiger partial charge in [0, 0.05) is 18.0 Å². The van der Waals surface area contributed by atoms with Crippen LogP contribution in [0.5, 0.6) is 0 Å². The zero-order valence-electron chi connectivity index (χ0n) is 10.2. The van der Waals surface area contributed by atoms with Gasteiger partial charge in [0.1, 0.15) is 0 Å². The fourth-order valence-corrected chi connectivity index (χ4v) is 2.56. The summed E-state index contributed by atoms with van der Waals surface area (Å²) in [6.45, 7) is 3.30. The van der Waals surface area contributed by atoms with Crippen molar-refractivity contribution in [2.24, 2.45) is 5.10 Å². The Morgan fingerprint density at radius 3 is 2.78 bits per heavy atom. The van der Waals surface area contributed by atoms with Gasteiger partial charge in [-0.1, -0.05) is 0 Å². The first-order valence-electron chi connectivity index (χ1n) is 5.85. The van der Waals surface area contributed by atoms with E-state index in [9.17, 15) is 9.59 Å². The molecule has 1 fully saturated rings. The molecule has 2 amide bonds. The lowest BCUT2D eigenvalue weighted by molar-refractivity contribution is -0.145. The van der Waals surface area contributed by atoms with E-state index in [-0.39, 0.29) is 0 Å². The predicted octanol–water partition coefficient (Wildman–Crippen LogP) is 1.13. The summed E-state index contributed by atoms with van der Waals surface area (Å²) < 4.78 is 0. The molecule has 2 rings (SSSR count). The maximum Gasteiger partial charge on any atom is 0.329 e. The van der Waals surface area contributed by atoms with Crippen molar-refractivity contribution >= 4 is 29.4 Å². The minimum atomic E-state index is -0.664. The molecule has 0 aliphatic carbocycles. The van der Waals surface area contributed by atoms with Crippen LogP contribution < -0.4 is 5.43 Å². The lowest BCUT2D eigenvalue weighted by atomic mass is 10.3. The molecule has 5 nitrogen and oxygen atoms in total. The molecule has 1 aromatic heterocycles. The van der Waals surface area contributed by atoms with Gasteiger partial charge in [0.2, 0.25) is 0 Å². The van der Waals surface area contributed by atoms with Crippen LogP contribution >= 0.6 is 11.3 Å². The molecule has 0 radical (unpaired) electrons. The Bertz CT molecular complexity index is 475. The number of rotatable bonds is 2. The van der Waals surface area contributed by atoms with Crippen molar-refractivity contribution in [3.8, 4) is 0 Å². The first-order chi connectivity index (χ1) is 8.68. The Morgan fingerprint density at radius 1 is 1.44 bits per heavy atom. The Kier molecular flexibility index (Phi) is 4.09. The summed E-state index contributed by atoms with van der Waals surface area (Å²) in [5.74, 6) is -1.16. The Labute approximate surface area is 109 Å². The lowest BCUT2D eigenvalue weighted by Gasteiger charge is -2.12. The number of thiophene rings is 1. The zero-order chi connectivity index (χ0) is 13.0. The second kappa shape index (κ2) is 5.77. The maximum absolute atomic E-state index is 11.6. The van der Waals surface area contributed by atoms with Crippen LogP contribution in [0.15, 0.2) is 16.5 Å². The molecule has 0 saturated carbocycles. The SMILES string of the molecule is Cc1ccsc1/C=N\NC(=O)C(=O)N1CCCC1. The molecule has 0 aromatic carbocycles. The fraction of sp³-hybridized carbons (Fsp3) is 0.417. The van der Waals surface area contributed by atoms with Crippen molar-refractivity contribution in [2.75, 3.05) is 13.1 Å². The van der Waals surface area contributed by atoms with E-state index < -0.39 is 11.8 Å². The van der Waals surface area contributed by atoms with Gasteiger partial charge < -0.3 is 4.90 Å². The smallest absolute Gasteiger partial charge is 0.329 e. The number of carbonyl (C=O) groups is 2. The number of amides is 2. The van der Waals surface area contributed by atoms with E-state index in [1.54, 1.807) is 11.1 Å². The first kappa shape index (κ1) is 12.8. The highest BCUT2D eigenvalue weighted by Crippen LogP contribution is 2.12. The molecular formula is C12H15N3O2S. The van der Waals surface area contributed by atoms with Gasteiger partial charge in [-0.2, -0.15) is 5.10 Å². The number of hydrazone groups is 1. The quantitative estimate of drug-likeness (QED) is 0.495. The summed E-state index contributed by atoms with van der Waals surface area (Å²) in [5.41, 5.74) is 3.37. The molecule has 1 aromatic rings.